The molecule has 0 spiro atoms. The van der Waals surface area contributed by atoms with Crippen LogP contribution in [0.25, 0.3) is 34.0 Å². The van der Waals surface area contributed by atoms with Gasteiger partial charge in [-0.05, 0) is 37.0 Å². The predicted molar refractivity (Wildman–Crippen MR) is 145 cm³/mol. The van der Waals surface area contributed by atoms with E-state index in [4.69, 9.17) is 19.7 Å². The summed E-state index contributed by atoms with van der Waals surface area (Å²) in [5, 5.41) is 7.11. The summed E-state index contributed by atoms with van der Waals surface area (Å²) in [4.78, 5) is 9.21. The molecular formula is C28H29N5O5S. The fourth-order valence-electron chi connectivity index (χ4n) is 4.77. The van der Waals surface area contributed by atoms with Crippen LogP contribution in [0.1, 0.15) is 24.8 Å². The zero-order valence-corrected chi connectivity index (χ0v) is 22.1. The van der Waals surface area contributed by atoms with E-state index in [1.54, 1.807) is 36.5 Å². The Balaban J connectivity index is 1.18. The monoisotopic (exact) mass is 547 g/mol. The molecule has 6 rings (SSSR count). The number of aromatic nitrogens is 3. The minimum absolute atomic E-state index is 0.128. The number of anilines is 1. The molecule has 39 heavy (non-hydrogen) atoms. The number of ether oxygens (including phenoxy) is 2. The van der Waals surface area contributed by atoms with Gasteiger partial charge in [0.15, 0.2) is 27.1 Å². The maximum Gasteiger partial charge on any atom is 0.189 e. The molecule has 0 bridgehead atoms. The summed E-state index contributed by atoms with van der Waals surface area (Å²) in [6, 6.07) is 16.5. The van der Waals surface area contributed by atoms with E-state index in [0.29, 0.717) is 41.4 Å². The third-order valence-corrected chi connectivity index (χ3v) is 9.24. The molecule has 2 atom stereocenters. The lowest BCUT2D eigenvalue weighted by molar-refractivity contribution is 0.0827. The number of nitrogens with zero attached hydrogens (tertiary/aromatic N) is 3. The molecular weight excluding hydrogens is 518 g/mol. The molecule has 10 nitrogen and oxygen atoms in total. The lowest BCUT2D eigenvalue weighted by Crippen LogP contribution is -2.27. The highest BCUT2D eigenvalue weighted by molar-refractivity contribution is 7.92. The van der Waals surface area contributed by atoms with Crippen LogP contribution in [0.4, 0.5) is 5.82 Å². The Morgan fingerprint density at radius 2 is 1.74 bits per heavy atom. The Labute approximate surface area is 226 Å². The third kappa shape index (κ3) is 5.44. The zero-order valence-electron chi connectivity index (χ0n) is 21.2. The highest BCUT2D eigenvalue weighted by Crippen LogP contribution is 2.31. The van der Waals surface area contributed by atoms with Crippen molar-refractivity contribution in [3.63, 3.8) is 0 Å². The van der Waals surface area contributed by atoms with Gasteiger partial charge >= 0.3 is 0 Å². The first-order valence-electron chi connectivity index (χ1n) is 12.9. The molecule has 4 heterocycles. The van der Waals surface area contributed by atoms with E-state index in [1.807, 2.05) is 24.3 Å². The second kappa shape index (κ2) is 10.9. The first-order chi connectivity index (χ1) is 19.0. The second-order valence-corrected chi connectivity index (χ2v) is 11.9. The Morgan fingerprint density at radius 3 is 2.46 bits per heavy atom. The van der Waals surface area contributed by atoms with Crippen LogP contribution in [0, 0.1) is 0 Å². The molecule has 0 radical (unpaired) electrons. The average molecular weight is 548 g/mol. The molecule has 4 aromatic rings. The summed E-state index contributed by atoms with van der Waals surface area (Å²) in [7, 11) is -3.44. The van der Waals surface area contributed by atoms with Gasteiger partial charge in [-0.1, -0.05) is 41.6 Å². The Hall–Kier alpha value is -3.64. The van der Waals surface area contributed by atoms with Gasteiger partial charge in [-0.3, -0.25) is 5.32 Å². The van der Waals surface area contributed by atoms with Gasteiger partial charge in [0.2, 0.25) is 0 Å². The largest absolute Gasteiger partial charge is 0.382 e. The second-order valence-electron chi connectivity index (χ2n) is 9.70. The number of benzene rings is 2. The number of nitrogen functional groups attached to an aromatic ring is 1. The molecule has 1 unspecified atom stereocenters. The highest BCUT2D eigenvalue weighted by Gasteiger charge is 2.31. The van der Waals surface area contributed by atoms with Crippen LogP contribution in [0.15, 0.2) is 70.2 Å². The van der Waals surface area contributed by atoms with Crippen LogP contribution in [0.2, 0.25) is 0 Å². The predicted octanol–water partition coefficient (Wildman–Crippen LogP) is 3.84. The van der Waals surface area contributed by atoms with Crippen LogP contribution in [-0.2, 0) is 25.9 Å². The van der Waals surface area contributed by atoms with E-state index < -0.39 is 15.1 Å². The smallest absolute Gasteiger partial charge is 0.189 e. The van der Waals surface area contributed by atoms with Gasteiger partial charge in [0, 0.05) is 37.0 Å². The van der Waals surface area contributed by atoms with Gasteiger partial charge in [-0.15, -0.1) is 0 Å². The van der Waals surface area contributed by atoms with E-state index in [0.717, 1.165) is 37.1 Å². The fourth-order valence-corrected chi connectivity index (χ4v) is 6.35. The van der Waals surface area contributed by atoms with Crippen molar-refractivity contribution in [1.82, 2.24) is 20.4 Å². The van der Waals surface area contributed by atoms with Gasteiger partial charge in [0.1, 0.15) is 11.9 Å². The maximum atomic E-state index is 12.8. The number of nitrogens with one attached hydrogen (secondary N) is 1. The average Bonchev–Trinajstić information content (AvgIpc) is 3.76. The van der Waals surface area contributed by atoms with Crippen molar-refractivity contribution in [3.05, 3.63) is 66.4 Å². The summed E-state index contributed by atoms with van der Waals surface area (Å²) < 4.78 is 42.1. The molecule has 3 N–H and O–H groups in total. The molecule has 0 amide bonds. The molecule has 2 aromatic carbocycles. The van der Waals surface area contributed by atoms with Gasteiger partial charge in [-0.2, -0.15) is 0 Å². The van der Waals surface area contributed by atoms with E-state index in [-0.39, 0.29) is 23.5 Å². The van der Waals surface area contributed by atoms with Gasteiger partial charge in [0.25, 0.3) is 0 Å². The van der Waals surface area contributed by atoms with E-state index in [1.165, 1.54) is 0 Å². The number of sulfone groups is 1. The summed E-state index contributed by atoms with van der Waals surface area (Å²) in [6.45, 7) is 2.24. The topological polar surface area (TPSA) is 142 Å². The molecule has 2 fully saturated rings. The van der Waals surface area contributed by atoms with Crippen LogP contribution in [0.5, 0.6) is 0 Å². The minimum Gasteiger partial charge on any atom is -0.382 e. The molecule has 11 heteroatoms. The lowest BCUT2D eigenvalue weighted by atomic mass is 10.1. The molecule has 0 saturated carbocycles. The summed E-state index contributed by atoms with van der Waals surface area (Å²) in [6.07, 6.45) is 4.32. The molecule has 2 aliphatic heterocycles. The van der Waals surface area contributed by atoms with Crippen molar-refractivity contribution in [3.8, 4) is 34.0 Å². The summed E-state index contributed by atoms with van der Waals surface area (Å²) in [5.74, 6) is 0.596. The van der Waals surface area contributed by atoms with Crippen molar-refractivity contribution in [1.29, 1.82) is 0 Å². The number of hydrogen-bond acceptors (Lipinski definition) is 10. The lowest BCUT2D eigenvalue weighted by Gasteiger charge is -2.11. The maximum absolute atomic E-state index is 12.8. The van der Waals surface area contributed by atoms with E-state index >= 15 is 0 Å². The number of hydrogen-bond donors (Lipinski definition) is 2. The van der Waals surface area contributed by atoms with Gasteiger partial charge in [-0.25, -0.2) is 18.4 Å². The van der Waals surface area contributed by atoms with Gasteiger partial charge < -0.3 is 19.7 Å². The SMILES string of the molecule is Nc1ncc(-c2ccc(S(=O)(=O)C3CCOC3)cc2)nc1-c1cc(-c2ccc(CN[C@@H]3CCCO3)cc2)no1. The number of rotatable bonds is 8. The molecule has 2 saturated heterocycles. The first-order valence-corrected chi connectivity index (χ1v) is 14.5. The van der Waals surface area contributed by atoms with Crippen LogP contribution in [0.3, 0.4) is 0 Å². The van der Waals surface area contributed by atoms with E-state index in [9.17, 15) is 8.42 Å². The van der Waals surface area contributed by atoms with E-state index in [2.05, 4.69) is 20.4 Å². The quantitative estimate of drug-likeness (QED) is 0.334. The minimum atomic E-state index is -3.44. The van der Waals surface area contributed by atoms with Crippen molar-refractivity contribution < 1.29 is 22.4 Å². The third-order valence-electron chi connectivity index (χ3n) is 7.06. The van der Waals surface area contributed by atoms with Gasteiger partial charge in [0.05, 0.1) is 28.6 Å². The van der Waals surface area contributed by atoms with Crippen LogP contribution < -0.4 is 11.1 Å². The van der Waals surface area contributed by atoms with Crippen molar-refractivity contribution in [2.75, 3.05) is 25.6 Å². The molecule has 2 aliphatic rings. The zero-order chi connectivity index (χ0) is 26.8. The van der Waals surface area contributed by atoms with Crippen LogP contribution in [-0.4, -0.2) is 54.8 Å². The van der Waals surface area contributed by atoms with Crippen molar-refractivity contribution in [2.24, 2.45) is 0 Å². The highest BCUT2D eigenvalue weighted by atomic mass is 32.2. The Morgan fingerprint density at radius 1 is 0.974 bits per heavy atom. The summed E-state index contributed by atoms with van der Waals surface area (Å²) in [5.41, 5.74) is 10.4. The normalized spacial score (nSPS) is 19.5. The summed E-state index contributed by atoms with van der Waals surface area (Å²) >= 11 is 0. The van der Waals surface area contributed by atoms with Crippen molar-refractivity contribution >= 4 is 15.7 Å². The molecule has 2 aromatic heterocycles. The van der Waals surface area contributed by atoms with Crippen molar-refractivity contribution in [2.45, 2.75) is 42.2 Å². The fraction of sp³-hybridized carbons (Fsp3) is 0.321. The first kappa shape index (κ1) is 25.6. The number of nitrogens with two attached hydrogens (primary N) is 1. The molecule has 0 aliphatic carbocycles. The van der Waals surface area contributed by atoms with Crippen LogP contribution >= 0.6 is 0 Å². The Kier molecular flexibility index (Phi) is 7.13. The Bertz CT molecular complexity index is 1540. The molecule has 202 valence electrons. The standard InChI is InChI=1S/C28H29N5O5S/c29-28-27(25-14-23(33-38-25)19-5-3-18(4-6-19)15-30-26-2-1-12-37-26)32-24(16-31-28)20-7-9-21(10-8-20)39(34,35)22-11-13-36-17-22/h3-10,14,16,22,26,30H,1-2,11-13,15,17H2,(H2,29,31)/t22?,26-/m0/s1.